The summed E-state index contributed by atoms with van der Waals surface area (Å²) in [5, 5.41) is 0. The Morgan fingerprint density at radius 2 is 2.17 bits per heavy atom. The number of carbonyl (C=O) groups is 1. The van der Waals surface area contributed by atoms with E-state index in [1.165, 1.54) is 12.1 Å². The maximum Gasteiger partial charge on any atom is 0.136 e. The molecule has 2 rings (SSSR count). The van der Waals surface area contributed by atoms with Crippen molar-refractivity contribution in [2.45, 2.75) is 39.0 Å². The van der Waals surface area contributed by atoms with Gasteiger partial charge < -0.3 is 0 Å². The minimum atomic E-state index is -0.241. The Balaban J connectivity index is 2.09. The molecule has 1 aliphatic rings. The summed E-state index contributed by atoms with van der Waals surface area (Å²) in [6.45, 7) is 2.18. The number of benzene rings is 1. The molecule has 0 saturated heterocycles. The van der Waals surface area contributed by atoms with Crippen LogP contribution >= 0.6 is 15.9 Å². The Bertz CT molecular complexity index is 424. The normalized spacial score (nSPS) is 24.3. The highest BCUT2D eigenvalue weighted by Gasteiger charge is 2.27. The van der Waals surface area contributed by atoms with Gasteiger partial charge in [0.15, 0.2) is 0 Å². The van der Waals surface area contributed by atoms with Gasteiger partial charge in [0.2, 0.25) is 0 Å². The smallest absolute Gasteiger partial charge is 0.136 e. The highest BCUT2D eigenvalue weighted by molar-refractivity contribution is 9.10. The Kier molecular flexibility index (Phi) is 4.55. The van der Waals surface area contributed by atoms with Gasteiger partial charge in [-0.3, -0.25) is 4.79 Å². The zero-order valence-electron chi connectivity index (χ0n) is 10.6. The Labute approximate surface area is 116 Å². The SMILES string of the molecule is CCC1CCC(=O)C(Cc2cc(F)cc(Br)c2)C1. The molecule has 1 saturated carbocycles. The second kappa shape index (κ2) is 5.96. The van der Waals surface area contributed by atoms with E-state index in [9.17, 15) is 9.18 Å². The highest BCUT2D eigenvalue weighted by atomic mass is 79.9. The van der Waals surface area contributed by atoms with Gasteiger partial charge in [0.05, 0.1) is 0 Å². The third kappa shape index (κ3) is 3.41. The van der Waals surface area contributed by atoms with Gasteiger partial charge in [-0.05, 0) is 48.9 Å². The fourth-order valence-corrected chi connectivity index (χ4v) is 3.30. The van der Waals surface area contributed by atoms with Crippen molar-refractivity contribution in [3.05, 3.63) is 34.1 Å². The van der Waals surface area contributed by atoms with Crippen LogP contribution in [-0.4, -0.2) is 5.78 Å². The van der Waals surface area contributed by atoms with Crippen LogP contribution in [0.3, 0.4) is 0 Å². The topological polar surface area (TPSA) is 17.1 Å². The standard InChI is InChI=1S/C15H18BrFO/c1-2-10-3-4-15(18)12(5-10)6-11-7-13(16)9-14(17)8-11/h7-10,12H,2-6H2,1H3. The van der Waals surface area contributed by atoms with E-state index in [0.29, 0.717) is 24.5 Å². The number of rotatable bonds is 3. The van der Waals surface area contributed by atoms with Crippen LogP contribution in [0.25, 0.3) is 0 Å². The van der Waals surface area contributed by atoms with Crippen LogP contribution in [0.5, 0.6) is 0 Å². The minimum absolute atomic E-state index is 0.0809. The molecule has 0 N–H and O–H groups in total. The summed E-state index contributed by atoms with van der Waals surface area (Å²) in [4.78, 5) is 11.9. The molecular formula is C15H18BrFO. The summed E-state index contributed by atoms with van der Waals surface area (Å²) in [5.41, 5.74) is 0.914. The maximum absolute atomic E-state index is 13.3. The van der Waals surface area contributed by atoms with Crippen molar-refractivity contribution >= 4 is 21.7 Å². The Morgan fingerprint density at radius 3 is 2.83 bits per heavy atom. The second-order valence-corrected chi connectivity index (χ2v) is 6.11. The van der Waals surface area contributed by atoms with Crippen molar-refractivity contribution in [3.63, 3.8) is 0 Å². The molecule has 3 heteroatoms. The van der Waals surface area contributed by atoms with E-state index in [2.05, 4.69) is 22.9 Å². The summed E-state index contributed by atoms with van der Waals surface area (Å²) < 4.78 is 14.1. The van der Waals surface area contributed by atoms with E-state index in [4.69, 9.17) is 0 Å². The third-order valence-corrected chi connectivity index (χ3v) is 4.31. The average molecular weight is 313 g/mol. The van der Waals surface area contributed by atoms with E-state index in [1.54, 1.807) is 0 Å². The van der Waals surface area contributed by atoms with Crippen molar-refractivity contribution in [2.75, 3.05) is 0 Å². The summed E-state index contributed by atoms with van der Waals surface area (Å²) >= 11 is 3.29. The first-order chi connectivity index (χ1) is 8.58. The van der Waals surface area contributed by atoms with Crippen molar-refractivity contribution < 1.29 is 9.18 Å². The van der Waals surface area contributed by atoms with Crippen LogP contribution in [0.15, 0.2) is 22.7 Å². The first-order valence-electron chi connectivity index (χ1n) is 6.56. The van der Waals surface area contributed by atoms with Crippen LogP contribution in [0, 0.1) is 17.7 Å². The van der Waals surface area contributed by atoms with Crippen molar-refractivity contribution in [1.29, 1.82) is 0 Å². The number of halogens is 2. The number of Topliss-reactive ketones (excluding diaryl/α,β-unsaturated/α-hetero) is 1. The molecule has 0 aromatic heterocycles. The third-order valence-electron chi connectivity index (χ3n) is 3.85. The zero-order chi connectivity index (χ0) is 13.1. The molecule has 0 aliphatic heterocycles. The van der Waals surface area contributed by atoms with Crippen molar-refractivity contribution in [3.8, 4) is 0 Å². The molecule has 1 fully saturated rings. The fourth-order valence-electron chi connectivity index (χ4n) is 2.78. The van der Waals surface area contributed by atoms with Gasteiger partial charge in [-0.1, -0.05) is 29.3 Å². The van der Waals surface area contributed by atoms with Crippen LogP contribution < -0.4 is 0 Å². The molecule has 2 atom stereocenters. The van der Waals surface area contributed by atoms with Gasteiger partial charge in [0.25, 0.3) is 0 Å². The van der Waals surface area contributed by atoms with Gasteiger partial charge >= 0.3 is 0 Å². The molecule has 0 heterocycles. The molecule has 0 amide bonds. The van der Waals surface area contributed by atoms with Crippen molar-refractivity contribution in [1.82, 2.24) is 0 Å². The lowest BCUT2D eigenvalue weighted by atomic mass is 9.77. The number of hydrogen-bond acceptors (Lipinski definition) is 1. The van der Waals surface area contributed by atoms with Gasteiger partial charge in [0, 0.05) is 16.8 Å². The predicted octanol–water partition coefficient (Wildman–Crippen LogP) is 4.53. The largest absolute Gasteiger partial charge is 0.299 e. The van der Waals surface area contributed by atoms with E-state index in [-0.39, 0.29) is 11.7 Å². The van der Waals surface area contributed by atoms with Crippen LogP contribution in [0.2, 0.25) is 0 Å². The maximum atomic E-state index is 13.3. The summed E-state index contributed by atoms with van der Waals surface area (Å²) in [5.74, 6) is 0.844. The van der Waals surface area contributed by atoms with Gasteiger partial charge in [-0.2, -0.15) is 0 Å². The fraction of sp³-hybridized carbons (Fsp3) is 0.533. The zero-order valence-corrected chi connectivity index (χ0v) is 12.2. The minimum Gasteiger partial charge on any atom is -0.299 e. The lowest BCUT2D eigenvalue weighted by molar-refractivity contribution is -0.125. The van der Waals surface area contributed by atoms with Gasteiger partial charge in [-0.25, -0.2) is 4.39 Å². The Morgan fingerprint density at radius 1 is 1.39 bits per heavy atom. The lowest BCUT2D eigenvalue weighted by Crippen LogP contribution is -2.26. The number of carbonyl (C=O) groups excluding carboxylic acids is 1. The highest BCUT2D eigenvalue weighted by Crippen LogP contribution is 2.31. The molecule has 1 nitrogen and oxygen atoms in total. The molecule has 1 aromatic carbocycles. The molecule has 98 valence electrons. The molecule has 0 bridgehead atoms. The second-order valence-electron chi connectivity index (χ2n) is 5.19. The van der Waals surface area contributed by atoms with Gasteiger partial charge in [-0.15, -0.1) is 0 Å². The molecule has 1 aliphatic carbocycles. The van der Waals surface area contributed by atoms with Gasteiger partial charge in [0.1, 0.15) is 11.6 Å². The van der Waals surface area contributed by atoms with E-state index in [1.807, 2.05) is 6.07 Å². The van der Waals surface area contributed by atoms with Crippen molar-refractivity contribution in [2.24, 2.45) is 11.8 Å². The molecule has 2 unspecified atom stereocenters. The van der Waals surface area contributed by atoms with E-state index < -0.39 is 0 Å². The van der Waals surface area contributed by atoms with Crippen LogP contribution in [-0.2, 0) is 11.2 Å². The molecule has 1 aromatic rings. The number of ketones is 1. The molecule has 18 heavy (non-hydrogen) atoms. The molecule has 0 radical (unpaired) electrons. The number of hydrogen-bond donors (Lipinski definition) is 0. The lowest BCUT2D eigenvalue weighted by Gasteiger charge is -2.27. The van der Waals surface area contributed by atoms with E-state index >= 15 is 0 Å². The van der Waals surface area contributed by atoms with Crippen LogP contribution in [0.1, 0.15) is 38.2 Å². The molecule has 0 spiro atoms. The molecular weight excluding hydrogens is 295 g/mol. The van der Waals surface area contributed by atoms with Crippen LogP contribution in [0.4, 0.5) is 4.39 Å². The van der Waals surface area contributed by atoms with E-state index in [0.717, 1.165) is 29.3 Å². The average Bonchev–Trinajstić information content (AvgIpc) is 2.30. The first kappa shape index (κ1) is 13.7. The quantitative estimate of drug-likeness (QED) is 0.801. The predicted molar refractivity (Wildman–Crippen MR) is 73.9 cm³/mol. The summed E-state index contributed by atoms with van der Waals surface area (Å²) in [6, 6.07) is 4.89. The Hall–Kier alpha value is -0.700. The summed E-state index contributed by atoms with van der Waals surface area (Å²) in [7, 11) is 0. The summed E-state index contributed by atoms with van der Waals surface area (Å²) in [6.07, 6.45) is 4.49. The first-order valence-corrected chi connectivity index (χ1v) is 7.35. The monoisotopic (exact) mass is 312 g/mol.